The zero-order valence-electron chi connectivity index (χ0n) is 50.1. The number of piperazine rings is 1. The van der Waals surface area contributed by atoms with Crippen molar-refractivity contribution in [1.29, 1.82) is 0 Å². The van der Waals surface area contributed by atoms with Gasteiger partial charge in [-0.15, -0.1) is 0 Å². The van der Waals surface area contributed by atoms with E-state index in [0.717, 1.165) is 17.0 Å². The number of esters is 1. The van der Waals surface area contributed by atoms with Crippen LogP contribution in [0.25, 0.3) is 0 Å². The van der Waals surface area contributed by atoms with E-state index in [1.54, 1.807) is 40.3 Å². The maximum atomic E-state index is 14.6. The van der Waals surface area contributed by atoms with Crippen molar-refractivity contribution in [3.05, 3.63) is 65.6 Å². The fraction of sp³-hybridized carbons (Fsp3) is 0.705. The summed E-state index contributed by atoms with van der Waals surface area (Å²) in [5.74, 6) is -8.69. The highest BCUT2D eigenvalue weighted by atomic mass is 16.6. The highest BCUT2D eigenvalue weighted by Gasteiger charge is 2.53. The van der Waals surface area contributed by atoms with E-state index in [0.29, 0.717) is 76.0 Å². The molecule has 0 spiro atoms. The van der Waals surface area contributed by atoms with Gasteiger partial charge in [-0.1, -0.05) is 64.2 Å². The third-order valence-corrected chi connectivity index (χ3v) is 17.5. The van der Waals surface area contributed by atoms with Crippen molar-refractivity contribution < 1.29 is 72.9 Å². The Balaban J connectivity index is 1.19. The third-order valence-electron chi connectivity index (χ3n) is 17.5. The number of piperidine rings is 1. The molecule has 5 heterocycles. The molecular formula is C61H93N7O15. The van der Waals surface area contributed by atoms with Crippen LogP contribution >= 0.6 is 0 Å². The molecule has 0 radical (unpaired) electrons. The van der Waals surface area contributed by atoms with Gasteiger partial charge in [0.05, 0.1) is 31.0 Å². The molecule has 462 valence electrons. The molecule has 1 saturated carbocycles. The zero-order chi connectivity index (χ0) is 60.7. The fourth-order valence-corrected chi connectivity index (χ4v) is 12.2. The van der Waals surface area contributed by atoms with Gasteiger partial charge >= 0.3 is 12.1 Å². The lowest BCUT2D eigenvalue weighted by atomic mass is 9.80. The Morgan fingerprint density at radius 1 is 0.867 bits per heavy atom. The van der Waals surface area contributed by atoms with Crippen molar-refractivity contribution in [3.8, 4) is 0 Å². The van der Waals surface area contributed by atoms with Crippen molar-refractivity contribution in [1.82, 2.24) is 25.1 Å². The molecule has 5 aliphatic rings. The number of Topliss-reactive ketones (excluding diaryl/α,β-unsaturated/α-hetero) is 3. The molecule has 1 aromatic rings. The number of allylic oxidation sites excluding steroid dienone is 6. The van der Waals surface area contributed by atoms with Crippen LogP contribution in [0.4, 0.5) is 10.7 Å². The number of hydrogen-bond acceptors (Lipinski definition) is 20. The number of aliphatic hydroxyl groups excluding tert-OH is 3. The number of likely N-dealkylation sites (N-methyl/N-ethyl adjacent to an activating group) is 1. The molecule has 22 heteroatoms. The van der Waals surface area contributed by atoms with Crippen LogP contribution in [-0.2, 0) is 54.2 Å². The minimum Gasteiger partial charge on any atom is -0.459 e. The number of alkyl carbamates (subject to hydrolysis) is 1. The van der Waals surface area contributed by atoms with Gasteiger partial charge in [-0.2, -0.15) is 0 Å². The quantitative estimate of drug-likeness (QED) is 0.109. The van der Waals surface area contributed by atoms with Gasteiger partial charge < -0.3 is 69.9 Å². The number of nitrogens with two attached hydrogens (primary N) is 1. The van der Waals surface area contributed by atoms with Crippen molar-refractivity contribution in [2.45, 2.75) is 192 Å². The van der Waals surface area contributed by atoms with E-state index in [2.05, 4.69) is 20.2 Å². The summed E-state index contributed by atoms with van der Waals surface area (Å²) in [5, 5.41) is 47.1. The summed E-state index contributed by atoms with van der Waals surface area (Å²) in [6.07, 6.45) is 10.2. The van der Waals surface area contributed by atoms with Crippen LogP contribution in [0.2, 0.25) is 0 Å². The molecule has 7 N–H and O–H groups in total. The number of aromatic nitrogens is 2. The minimum absolute atomic E-state index is 0.00863. The lowest BCUT2D eigenvalue weighted by Gasteiger charge is -2.42. The predicted octanol–water partition coefficient (Wildman–Crippen LogP) is 4.05. The molecule has 22 nitrogen and oxygen atoms in total. The summed E-state index contributed by atoms with van der Waals surface area (Å²) in [4.78, 5) is 98.5. The first kappa shape index (κ1) is 66.8. The van der Waals surface area contributed by atoms with Crippen molar-refractivity contribution >= 4 is 41.3 Å². The molecule has 4 aliphatic heterocycles. The van der Waals surface area contributed by atoms with Crippen LogP contribution in [0.1, 0.15) is 124 Å². The summed E-state index contributed by atoms with van der Waals surface area (Å²) >= 11 is 0. The molecule has 2 amide bonds. The summed E-state index contributed by atoms with van der Waals surface area (Å²) in [6.45, 7) is 12.5. The molecule has 1 aromatic heterocycles. The lowest BCUT2D eigenvalue weighted by Crippen LogP contribution is -2.61. The highest BCUT2D eigenvalue weighted by Crippen LogP contribution is 2.37. The topological polar surface area (TPSA) is 303 Å². The van der Waals surface area contributed by atoms with E-state index < -0.39 is 120 Å². The standard InChI is InChI=1S/C61H93N7O15/c1-36-15-11-10-12-16-37(2)50(79-8)29-45-20-18-41(6)61(78,83-45)56(74)57(75)68-22-14-13-17-47(68)58(76)81-51(30-48(70)38(3)26-40(5)54(72)55(73)53(71)39(4)25-36)46(62)27-42-19-21-49(52(28-42)80-9)82-60(77)65-33-43-31-63-59(64-32-43)67-24-23-66(7)34-44(67)35-69/h10-12,15-16,26,31-32,36,38-39,41-42,44-47,49-52,54-55,69,72-73,78H,13-14,17-25,27-30,33-35,62H2,1-9H3,(H,65,77)/b12-10+,15-11+,37-16+,40-26+/t36-,38-,39?,41-,42+,44?,45+,46-,47+,49-,50+,51+,52-,54-,55+,61-/m1/s1. The molecule has 83 heavy (non-hydrogen) atoms. The normalized spacial score (nSPS) is 36.3. The number of hydrogen-bond donors (Lipinski definition) is 6. The van der Waals surface area contributed by atoms with Crippen molar-refractivity contribution in [3.63, 3.8) is 0 Å². The SMILES string of the molecule is CO[C@H]1C[C@@H]2CC[C@@H](C)[C@@](O)(O2)C(=O)C(=O)N2CCCC[C@H]2C(=O)O[C@H]([C@H](N)C[C@@H]2CC[C@@H](OC(=O)NCc3cnc(N4CCN(C)CC4CO)nc3)[C@H](OC)C2)CC(=O)[C@H](C)/C=C(\C)[C@@H](O)[C@@H](O)C(=O)C(C)C[C@H](C)/C=C/C=C/C=C/1C. The number of aliphatic hydroxyl groups is 4. The first-order valence-corrected chi connectivity index (χ1v) is 29.7. The average Bonchev–Trinajstić information content (AvgIpc) is 3.55. The Bertz CT molecular complexity index is 2490. The molecule has 3 saturated heterocycles. The van der Waals surface area contributed by atoms with Gasteiger partial charge in [-0.25, -0.2) is 19.6 Å². The van der Waals surface area contributed by atoms with E-state index in [1.807, 2.05) is 56.2 Å². The van der Waals surface area contributed by atoms with Crippen LogP contribution in [0.5, 0.6) is 0 Å². The lowest BCUT2D eigenvalue weighted by molar-refractivity contribution is -0.265. The van der Waals surface area contributed by atoms with E-state index in [9.17, 15) is 49.2 Å². The summed E-state index contributed by atoms with van der Waals surface area (Å²) < 4.78 is 29.9. The number of methoxy groups -OCH3 is 2. The number of nitrogens with one attached hydrogen (secondary N) is 1. The number of rotatable bonds is 10. The Labute approximate surface area is 489 Å². The third kappa shape index (κ3) is 17.9. The van der Waals surface area contributed by atoms with Gasteiger partial charge in [0.2, 0.25) is 11.7 Å². The van der Waals surface area contributed by atoms with Crippen LogP contribution < -0.4 is 16.0 Å². The fourth-order valence-electron chi connectivity index (χ4n) is 12.2. The van der Waals surface area contributed by atoms with Gasteiger partial charge in [-0.3, -0.25) is 19.2 Å². The second kappa shape index (κ2) is 31.2. The molecule has 1 aliphatic carbocycles. The van der Waals surface area contributed by atoms with Gasteiger partial charge in [0, 0.05) is 102 Å². The summed E-state index contributed by atoms with van der Waals surface area (Å²) in [6, 6.07) is -2.36. The number of fused-ring (bicyclic) bond motifs is 3. The average molecular weight is 1160 g/mol. The Morgan fingerprint density at radius 3 is 2.30 bits per heavy atom. The molecule has 0 aromatic carbocycles. The van der Waals surface area contributed by atoms with Crippen LogP contribution in [0.15, 0.2) is 60.0 Å². The van der Waals surface area contributed by atoms with Crippen molar-refractivity contribution in [2.24, 2.45) is 35.3 Å². The molecule has 2 bridgehead atoms. The smallest absolute Gasteiger partial charge is 0.407 e. The maximum Gasteiger partial charge on any atom is 0.407 e. The second-order valence-electron chi connectivity index (χ2n) is 24.0. The number of anilines is 1. The maximum absolute atomic E-state index is 14.6. The van der Waals surface area contributed by atoms with E-state index >= 15 is 0 Å². The minimum atomic E-state index is -2.50. The van der Waals surface area contributed by atoms with E-state index in [4.69, 9.17) is 29.4 Å². The van der Waals surface area contributed by atoms with Crippen molar-refractivity contribution in [2.75, 3.05) is 59.0 Å². The van der Waals surface area contributed by atoms with Crippen LogP contribution in [0, 0.1) is 29.6 Å². The number of cyclic esters (lactones) is 1. The number of nitrogens with zero attached hydrogens (tertiary/aromatic N) is 5. The number of carbonyl (C=O) groups is 6. The number of amides is 2. The first-order valence-electron chi connectivity index (χ1n) is 29.7. The summed E-state index contributed by atoms with van der Waals surface area (Å²) in [5.41, 5.74) is 8.66. The first-order chi connectivity index (χ1) is 39.5. The number of ketones is 3. The zero-order valence-corrected chi connectivity index (χ0v) is 50.1. The van der Waals surface area contributed by atoms with Crippen LogP contribution in [0.3, 0.4) is 0 Å². The predicted molar refractivity (Wildman–Crippen MR) is 308 cm³/mol. The monoisotopic (exact) mass is 1160 g/mol. The largest absolute Gasteiger partial charge is 0.459 e. The Kier molecular flexibility index (Phi) is 25.1. The molecule has 2 unspecified atom stereocenters. The number of carbonyl (C=O) groups excluding carboxylic acids is 6. The molecular weight excluding hydrogens is 1070 g/mol. The second-order valence-corrected chi connectivity index (χ2v) is 24.0. The summed E-state index contributed by atoms with van der Waals surface area (Å²) in [7, 11) is 5.06. The highest BCUT2D eigenvalue weighted by molar-refractivity contribution is 6.39. The van der Waals surface area contributed by atoms with Gasteiger partial charge in [-0.05, 0) is 108 Å². The molecule has 16 atom stereocenters. The number of ether oxygens (including phenoxy) is 5. The van der Waals surface area contributed by atoms with E-state index in [1.165, 1.54) is 20.1 Å². The van der Waals surface area contributed by atoms with Crippen LogP contribution in [-0.4, -0.2) is 196 Å². The Morgan fingerprint density at radius 2 is 1.60 bits per heavy atom. The molecule has 6 rings (SSSR count). The Hall–Kier alpha value is -5.30. The van der Waals surface area contributed by atoms with E-state index in [-0.39, 0.29) is 62.4 Å². The van der Waals surface area contributed by atoms with Gasteiger partial charge in [0.25, 0.3) is 11.7 Å². The van der Waals surface area contributed by atoms with Gasteiger partial charge in [0.15, 0.2) is 5.78 Å². The molecule has 4 fully saturated rings. The van der Waals surface area contributed by atoms with Gasteiger partial charge in [0.1, 0.15) is 36.2 Å².